The Balaban J connectivity index is 2.06. The van der Waals surface area contributed by atoms with Gasteiger partial charge in [-0.25, -0.2) is 4.79 Å². The van der Waals surface area contributed by atoms with Gasteiger partial charge in [-0.05, 0) is 43.6 Å². The van der Waals surface area contributed by atoms with Gasteiger partial charge in [-0.3, -0.25) is 20.4 Å². The number of rotatable bonds is 11. The Morgan fingerprint density at radius 1 is 1.14 bits per heavy atom. The van der Waals surface area contributed by atoms with E-state index in [-0.39, 0.29) is 17.1 Å². The second kappa shape index (κ2) is 11.0. The van der Waals surface area contributed by atoms with E-state index in [4.69, 9.17) is 22.6 Å². The smallest absolute Gasteiger partial charge is 0.317 e. The molecule has 0 saturated carbocycles. The number of benzene rings is 1. The lowest BCUT2D eigenvalue weighted by Gasteiger charge is -2.22. The molecule has 1 aromatic carbocycles. The summed E-state index contributed by atoms with van der Waals surface area (Å²) in [5.74, 6) is 0.458. The molecule has 0 unspecified atom stereocenters. The van der Waals surface area contributed by atoms with E-state index in [1.807, 2.05) is 24.3 Å². The molecule has 2 aromatic rings. The molecule has 9 nitrogen and oxygen atoms in total. The van der Waals surface area contributed by atoms with Crippen molar-refractivity contribution < 1.29 is 4.79 Å². The summed E-state index contributed by atoms with van der Waals surface area (Å²) in [6, 6.07) is 8.35. The average Bonchev–Trinajstić information content (AvgIpc) is 2.66. The number of aromatic nitrogens is 1. The monoisotopic (exact) mass is 399 g/mol. The lowest BCUT2D eigenvalue weighted by atomic mass is 10.0. The van der Waals surface area contributed by atoms with Crippen molar-refractivity contribution in [1.29, 1.82) is 5.41 Å². The Labute approximate surface area is 169 Å². The van der Waals surface area contributed by atoms with E-state index >= 15 is 0 Å². The van der Waals surface area contributed by atoms with Crippen molar-refractivity contribution in [1.82, 2.24) is 9.88 Å². The summed E-state index contributed by atoms with van der Waals surface area (Å²) in [7, 11) is 0. The minimum Gasteiger partial charge on any atom is -0.388 e. The molecule has 2 rings (SSSR count). The van der Waals surface area contributed by atoms with E-state index in [1.165, 1.54) is 6.07 Å². The molecule has 0 aliphatic rings. The van der Waals surface area contributed by atoms with E-state index in [1.54, 1.807) is 6.20 Å². The maximum Gasteiger partial charge on any atom is 0.317 e. The van der Waals surface area contributed by atoms with Crippen LogP contribution in [0.25, 0.3) is 11.1 Å². The number of anilines is 1. The van der Waals surface area contributed by atoms with Gasteiger partial charge in [0.05, 0.1) is 5.84 Å². The zero-order valence-electron chi connectivity index (χ0n) is 16.4. The van der Waals surface area contributed by atoms with Gasteiger partial charge in [-0.15, -0.1) is 0 Å². The number of aromatic amines is 1. The number of nitrogens with one attached hydrogen (secondary N) is 3. The molecule has 1 heterocycles. The first-order valence-electron chi connectivity index (χ1n) is 9.53. The van der Waals surface area contributed by atoms with Crippen molar-refractivity contribution in [3.05, 3.63) is 52.3 Å². The van der Waals surface area contributed by atoms with Gasteiger partial charge in [0.15, 0.2) is 5.43 Å². The normalized spacial score (nSPS) is 10.8. The van der Waals surface area contributed by atoms with Crippen LogP contribution in [0.5, 0.6) is 0 Å². The fraction of sp³-hybridized carbons (Fsp3) is 0.350. The zero-order chi connectivity index (χ0) is 21.2. The highest BCUT2D eigenvalue weighted by molar-refractivity contribution is 5.86. The number of hydrogen-bond donors (Lipinski definition) is 6. The van der Waals surface area contributed by atoms with Crippen LogP contribution in [0.2, 0.25) is 0 Å². The van der Waals surface area contributed by atoms with Gasteiger partial charge in [-0.2, -0.15) is 0 Å². The molecule has 2 amide bonds. The molecule has 29 heavy (non-hydrogen) atoms. The molecule has 0 radical (unpaired) electrons. The summed E-state index contributed by atoms with van der Waals surface area (Å²) >= 11 is 0. The number of H-pyrrole nitrogens is 1. The van der Waals surface area contributed by atoms with Gasteiger partial charge in [0.25, 0.3) is 0 Å². The molecule has 1 aromatic heterocycles. The van der Waals surface area contributed by atoms with Crippen molar-refractivity contribution in [3.63, 3.8) is 0 Å². The minimum absolute atomic E-state index is 0.204. The second-order valence-corrected chi connectivity index (χ2v) is 6.86. The number of pyridine rings is 1. The van der Waals surface area contributed by atoms with Gasteiger partial charge in [0, 0.05) is 30.8 Å². The molecule has 0 bridgehead atoms. The fourth-order valence-corrected chi connectivity index (χ4v) is 3.03. The van der Waals surface area contributed by atoms with E-state index in [0.717, 1.165) is 43.6 Å². The van der Waals surface area contributed by atoms with Crippen LogP contribution in [0, 0.1) is 5.41 Å². The number of primary amides is 1. The predicted octanol–water partition coefficient (Wildman–Crippen LogP) is 1.40. The summed E-state index contributed by atoms with van der Waals surface area (Å²) < 4.78 is 0. The Morgan fingerprint density at radius 2 is 1.83 bits per heavy atom. The molecule has 0 aliphatic carbocycles. The molecular weight excluding hydrogens is 370 g/mol. The van der Waals surface area contributed by atoms with Crippen LogP contribution in [0.1, 0.15) is 24.8 Å². The lowest BCUT2D eigenvalue weighted by molar-refractivity contribution is 0.259. The first kappa shape index (κ1) is 22.1. The van der Waals surface area contributed by atoms with Crippen molar-refractivity contribution in [3.8, 4) is 11.1 Å². The van der Waals surface area contributed by atoms with Crippen molar-refractivity contribution >= 4 is 17.7 Å². The maximum absolute atomic E-state index is 12.3. The first-order valence-corrected chi connectivity index (χ1v) is 9.53. The number of amidine groups is 1. The van der Waals surface area contributed by atoms with Gasteiger partial charge in [0.1, 0.15) is 5.82 Å². The maximum atomic E-state index is 12.3. The third-order valence-electron chi connectivity index (χ3n) is 4.44. The summed E-state index contributed by atoms with van der Waals surface area (Å²) in [4.78, 5) is 28.3. The van der Waals surface area contributed by atoms with Crippen LogP contribution in [0.4, 0.5) is 10.6 Å². The molecule has 0 saturated heterocycles. The van der Waals surface area contributed by atoms with Gasteiger partial charge >= 0.3 is 6.03 Å². The summed E-state index contributed by atoms with van der Waals surface area (Å²) in [6.07, 6.45) is 3.87. The van der Waals surface area contributed by atoms with Gasteiger partial charge < -0.3 is 22.2 Å². The molecule has 9 N–H and O–H groups in total. The fourth-order valence-electron chi connectivity index (χ4n) is 3.03. The second-order valence-electron chi connectivity index (χ2n) is 6.86. The highest BCUT2D eigenvalue weighted by Crippen LogP contribution is 2.18. The van der Waals surface area contributed by atoms with Gasteiger partial charge in [-0.1, -0.05) is 24.3 Å². The van der Waals surface area contributed by atoms with Crippen LogP contribution in [-0.4, -0.2) is 41.4 Å². The Kier molecular flexibility index (Phi) is 8.38. The van der Waals surface area contributed by atoms with Crippen LogP contribution >= 0.6 is 0 Å². The van der Waals surface area contributed by atoms with Crippen molar-refractivity contribution in [2.45, 2.75) is 25.8 Å². The zero-order valence-corrected chi connectivity index (χ0v) is 16.4. The summed E-state index contributed by atoms with van der Waals surface area (Å²) in [6.45, 7) is 3.11. The number of nitrogens with zero attached hydrogens (tertiary/aromatic N) is 1. The van der Waals surface area contributed by atoms with Crippen molar-refractivity contribution in [2.75, 3.05) is 25.0 Å². The van der Waals surface area contributed by atoms with E-state index in [2.05, 4.69) is 15.2 Å². The number of nitrogens with two attached hydrogens (primary N) is 3. The number of carbonyl (C=O) groups is 1. The number of amides is 2. The van der Waals surface area contributed by atoms with Crippen LogP contribution < -0.4 is 27.9 Å². The standard InChI is InChI=1S/C20H29N7O2/c21-8-2-10-27(9-1-3-18(22)23)13-14-4-6-15(7-5-14)16-12-25-19(11-17(16)28)26-20(24)29/h4-7,11-12H,1-3,8-10,13,21H2,(H3,22,23)(H4,24,25,26,28,29). The van der Waals surface area contributed by atoms with Crippen LogP contribution in [0.15, 0.2) is 41.3 Å². The lowest BCUT2D eigenvalue weighted by Crippen LogP contribution is -2.28. The highest BCUT2D eigenvalue weighted by atomic mass is 16.2. The number of carbonyl (C=O) groups excluding carboxylic acids is 1. The van der Waals surface area contributed by atoms with Crippen LogP contribution in [0.3, 0.4) is 0 Å². The van der Waals surface area contributed by atoms with Crippen molar-refractivity contribution in [2.24, 2.45) is 17.2 Å². The Hall–Kier alpha value is -3.17. The van der Waals surface area contributed by atoms with E-state index in [9.17, 15) is 9.59 Å². The number of urea groups is 1. The molecule has 0 spiro atoms. The Morgan fingerprint density at radius 3 is 2.41 bits per heavy atom. The SMILES string of the molecule is N=C(N)CCCN(CCCN)Cc1ccc(-c2c[nH]c(NC(N)=O)cc2=O)cc1. The molecule has 0 aliphatic heterocycles. The topological polar surface area (TPSA) is 167 Å². The predicted molar refractivity (Wildman–Crippen MR) is 116 cm³/mol. The first-order chi connectivity index (χ1) is 13.9. The molecule has 0 atom stereocenters. The summed E-state index contributed by atoms with van der Waals surface area (Å²) in [5, 5.41) is 9.69. The van der Waals surface area contributed by atoms with Crippen LogP contribution in [-0.2, 0) is 6.54 Å². The number of hydrogen-bond acceptors (Lipinski definition) is 5. The Bertz CT molecular complexity index is 877. The molecule has 0 fully saturated rings. The third kappa shape index (κ3) is 7.40. The minimum atomic E-state index is -0.736. The molecule has 9 heteroatoms. The molecule has 156 valence electrons. The third-order valence-corrected chi connectivity index (χ3v) is 4.44. The largest absolute Gasteiger partial charge is 0.388 e. The summed E-state index contributed by atoms with van der Waals surface area (Å²) in [5.41, 5.74) is 18.3. The average molecular weight is 399 g/mol. The van der Waals surface area contributed by atoms with E-state index in [0.29, 0.717) is 18.5 Å². The highest BCUT2D eigenvalue weighted by Gasteiger charge is 2.09. The van der Waals surface area contributed by atoms with E-state index < -0.39 is 6.03 Å². The van der Waals surface area contributed by atoms with Gasteiger partial charge in [0.2, 0.25) is 0 Å². The molecular formula is C20H29N7O2. The quantitative estimate of drug-likeness (QED) is 0.248.